The lowest BCUT2D eigenvalue weighted by molar-refractivity contribution is -0.105. The maximum absolute atomic E-state index is 11.5. The van der Waals surface area contributed by atoms with Crippen LogP contribution in [0.4, 0.5) is 11.4 Å². The summed E-state index contributed by atoms with van der Waals surface area (Å²) in [5, 5.41) is 2.45. The lowest BCUT2D eigenvalue weighted by Gasteiger charge is -2.13. The van der Waals surface area contributed by atoms with E-state index in [0.29, 0.717) is 23.4 Å². The molecule has 0 fully saturated rings. The maximum Gasteiger partial charge on any atom is 0.340 e. The molecule has 0 unspecified atom stereocenters. The smallest absolute Gasteiger partial charge is 0.340 e. The van der Waals surface area contributed by atoms with E-state index in [1.54, 1.807) is 0 Å². The summed E-state index contributed by atoms with van der Waals surface area (Å²) in [5.74, 6) is -0.265. The Kier molecular flexibility index (Phi) is 4.31. The highest BCUT2D eigenvalue weighted by Crippen LogP contribution is 2.28. The van der Waals surface area contributed by atoms with Crippen LogP contribution in [0, 0.1) is 0 Å². The van der Waals surface area contributed by atoms with E-state index in [-0.39, 0.29) is 11.3 Å². The van der Waals surface area contributed by atoms with Gasteiger partial charge < -0.3 is 20.5 Å². The van der Waals surface area contributed by atoms with E-state index >= 15 is 0 Å². The number of amides is 1. The van der Waals surface area contributed by atoms with Crippen molar-refractivity contribution in [1.29, 1.82) is 0 Å². The second-order valence-electron chi connectivity index (χ2n) is 3.37. The number of benzene rings is 1. The van der Waals surface area contributed by atoms with E-state index in [1.807, 2.05) is 0 Å². The molecule has 3 N–H and O–H groups in total. The van der Waals surface area contributed by atoms with E-state index in [9.17, 15) is 9.59 Å². The molecule has 0 radical (unpaired) electrons. The molecule has 1 aromatic rings. The summed E-state index contributed by atoms with van der Waals surface area (Å²) in [6, 6.07) is 2.90. The van der Waals surface area contributed by atoms with E-state index in [4.69, 9.17) is 10.5 Å². The van der Waals surface area contributed by atoms with E-state index < -0.39 is 5.97 Å². The van der Waals surface area contributed by atoms with E-state index in [2.05, 4.69) is 16.6 Å². The third kappa shape index (κ3) is 2.60. The van der Waals surface area contributed by atoms with Crippen LogP contribution < -0.4 is 11.1 Å². The summed E-state index contributed by atoms with van der Waals surface area (Å²) in [6.45, 7) is 3.67. The number of methoxy groups -OCH3 is 2. The molecular formula is C12H14N2O4. The van der Waals surface area contributed by atoms with Gasteiger partial charge in [-0.05, 0) is 12.1 Å². The Balaban J connectivity index is 3.37. The molecule has 0 aliphatic heterocycles. The Bertz CT molecular complexity index is 497. The molecule has 6 heteroatoms. The fraction of sp³-hybridized carbons (Fsp3) is 0.167. The number of carbonyl (C=O) groups is 2. The first-order valence-corrected chi connectivity index (χ1v) is 5.00. The number of nitrogens with one attached hydrogen (secondary N) is 1. The highest BCUT2D eigenvalue weighted by atomic mass is 16.5. The summed E-state index contributed by atoms with van der Waals surface area (Å²) >= 11 is 0. The summed E-state index contributed by atoms with van der Waals surface area (Å²) in [6.07, 6.45) is 0.485. The number of carbonyl (C=O) groups excluding carboxylic acids is 2. The van der Waals surface area contributed by atoms with Gasteiger partial charge in [0.15, 0.2) is 0 Å². The van der Waals surface area contributed by atoms with Gasteiger partial charge in [-0.2, -0.15) is 0 Å². The van der Waals surface area contributed by atoms with Gasteiger partial charge in [-0.25, -0.2) is 4.79 Å². The molecule has 0 bridgehead atoms. The monoisotopic (exact) mass is 250 g/mol. The number of ether oxygens (including phenoxy) is 2. The molecule has 96 valence electrons. The van der Waals surface area contributed by atoms with E-state index in [1.165, 1.54) is 26.4 Å². The molecule has 0 aliphatic rings. The predicted octanol–water partition coefficient (Wildman–Crippen LogP) is 1.24. The quantitative estimate of drug-likeness (QED) is 0.355. The lowest BCUT2D eigenvalue weighted by Crippen LogP contribution is -2.09. The number of hydrogen-bond acceptors (Lipinski definition) is 5. The van der Waals surface area contributed by atoms with Gasteiger partial charge in [-0.1, -0.05) is 6.58 Å². The van der Waals surface area contributed by atoms with Crippen molar-refractivity contribution in [3.63, 3.8) is 0 Å². The fourth-order valence-corrected chi connectivity index (χ4v) is 1.43. The van der Waals surface area contributed by atoms with Crippen LogP contribution in [0.5, 0.6) is 0 Å². The van der Waals surface area contributed by atoms with Gasteiger partial charge in [-0.15, -0.1) is 0 Å². The Morgan fingerprint density at radius 3 is 2.50 bits per heavy atom. The topological polar surface area (TPSA) is 90.7 Å². The van der Waals surface area contributed by atoms with Gasteiger partial charge >= 0.3 is 5.97 Å². The molecule has 1 rings (SSSR count). The van der Waals surface area contributed by atoms with Crippen LogP contribution in [-0.2, 0) is 14.3 Å². The second-order valence-corrected chi connectivity index (χ2v) is 3.37. The number of esters is 1. The zero-order valence-corrected chi connectivity index (χ0v) is 10.1. The standard InChI is InChI=1S/C12H14N2O4/c1-7(17-2)8-4-10(13)9(12(16)18-3)5-11(8)14-6-15/h4-6H,1,13H2,2-3H3,(H,14,15). The van der Waals surface area contributed by atoms with Crippen molar-refractivity contribution in [3.05, 3.63) is 29.8 Å². The first kappa shape index (κ1) is 13.6. The Morgan fingerprint density at radius 2 is 2.00 bits per heavy atom. The van der Waals surface area contributed by atoms with Crippen LogP contribution in [0.1, 0.15) is 15.9 Å². The molecule has 0 saturated heterocycles. The van der Waals surface area contributed by atoms with Crippen molar-refractivity contribution >= 4 is 29.5 Å². The van der Waals surface area contributed by atoms with Gasteiger partial charge in [-0.3, -0.25) is 4.79 Å². The average molecular weight is 250 g/mol. The minimum absolute atomic E-state index is 0.162. The highest BCUT2D eigenvalue weighted by molar-refractivity contribution is 5.98. The molecule has 1 amide bonds. The predicted molar refractivity (Wildman–Crippen MR) is 67.9 cm³/mol. The molecule has 0 saturated carbocycles. The Hall–Kier alpha value is -2.50. The van der Waals surface area contributed by atoms with Crippen molar-refractivity contribution in [1.82, 2.24) is 0 Å². The highest BCUT2D eigenvalue weighted by Gasteiger charge is 2.16. The number of nitrogens with two attached hydrogens (primary N) is 1. The Morgan fingerprint density at radius 1 is 1.33 bits per heavy atom. The van der Waals surface area contributed by atoms with Crippen LogP contribution in [0.25, 0.3) is 5.76 Å². The van der Waals surface area contributed by atoms with Crippen LogP contribution in [0.3, 0.4) is 0 Å². The maximum atomic E-state index is 11.5. The summed E-state index contributed by atoms with van der Waals surface area (Å²) in [7, 11) is 2.69. The van der Waals surface area contributed by atoms with Crippen LogP contribution in [0.15, 0.2) is 18.7 Å². The van der Waals surface area contributed by atoms with Gasteiger partial charge in [0.25, 0.3) is 0 Å². The third-order valence-electron chi connectivity index (χ3n) is 2.36. The van der Waals surface area contributed by atoms with Gasteiger partial charge in [0.1, 0.15) is 5.76 Å². The largest absolute Gasteiger partial charge is 0.497 e. The molecule has 0 heterocycles. The minimum Gasteiger partial charge on any atom is -0.497 e. The molecule has 1 aromatic carbocycles. The number of rotatable bonds is 5. The van der Waals surface area contributed by atoms with Crippen molar-refractivity contribution in [2.75, 3.05) is 25.3 Å². The zero-order chi connectivity index (χ0) is 13.7. The first-order chi connectivity index (χ1) is 8.54. The van der Waals surface area contributed by atoms with Crippen LogP contribution >= 0.6 is 0 Å². The summed E-state index contributed by atoms with van der Waals surface area (Å²) in [4.78, 5) is 22.0. The molecule has 6 nitrogen and oxygen atoms in total. The molecule has 18 heavy (non-hydrogen) atoms. The van der Waals surface area contributed by atoms with Crippen molar-refractivity contribution in [2.24, 2.45) is 0 Å². The summed E-state index contributed by atoms with van der Waals surface area (Å²) < 4.78 is 9.57. The SMILES string of the molecule is C=C(OC)c1cc(N)c(C(=O)OC)cc1NC=O. The Labute approximate surface area is 104 Å². The normalized spacial score (nSPS) is 9.44. The van der Waals surface area contributed by atoms with Gasteiger partial charge in [0, 0.05) is 11.3 Å². The van der Waals surface area contributed by atoms with Crippen LogP contribution in [0.2, 0.25) is 0 Å². The second kappa shape index (κ2) is 5.72. The van der Waals surface area contributed by atoms with Crippen LogP contribution in [-0.4, -0.2) is 26.6 Å². The third-order valence-corrected chi connectivity index (χ3v) is 2.36. The molecular weight excluding hydrogens is 236 g/mol. The van der Waals surface area contributed by atoms with Gasteiger partial charge in [0.05, 0.1) is 25.5 Å². The summed E-state index contributed by atoms with van der Waals surface area (Å²) in [5.41, 5.74) is 6.98. The van der Waals surface area contributed by atoms with Crippen molar-refractivity contribution in [3.8, 4) is 0 Å². The van der Waals surface area contributed by atoms with Crippen molar-refractivity contribution < 1.29 is 19.1 Å². The number of nitrogen functional groups attached to an aromatic ring is 1. The minimum atomic E-state index is -0.587. The van der Waals surface area contributed by atoms with Crippen molar-refractivity contribution in [2.45, 2.75) is 0 Å². The average Bonchev–Trinajstić information content (AvgIpc) is 2.38. The zero-order valence-electron chi connectivity index (χ0n) is 10.1. The molecule has 0 aromatic heterocycles. The lowest BCUT2D eigenvalue weighted by atomic mass is 10.1. The van der Waals surface area contributed by atoms with Gasteiger partial charge in [0.2, 0.25) is 6.41 Å². The number of hydrogen-bond donors (Lipinski definition) is 2. The first-order valence-electron chi connectivity index (χ1n) is 5.00. The fourth-order valence-electron chi connectivity index (χ4n) is 1.43. The van der Waals surface area contributed by atoms with E-state index in [0.717, 1.165) is 0 Å². The number of anilines is 2. The molecule has 0 atom stereocenters. The molecule has 0 aliphatic carbocycles. The molecule has 0 spiro atoms.